The third-order valence-corrected chi connectivity index (χ3v) is 4.90. The van der Waals surface area contributed by atoms with Crippen LogP contribution in [0.4, 0.5) is 5.69 Å². The summed E-state index contributed by atoms with van der Waals surface area (Å²) in [7, 11) is 0. The van der Waals surface area contributed by atoms with Gasteiger partial charge in [-0.25, -0.2) is 5.43 Å². The summed E-state index contributed by atoms with van der Waals surface area (Å²) >= 11 is 15.2. The average Bonchev–Trinajstić information content (AvgIpc) is 3.04. The Hall–Kier alpha value is -2.75. The molecule has 1 N–H and O–H groups in total. The lowest BCUT2D eigenvalue weighted by Gasteiger charge is -2.01. The first kappa shape index (κ1) is 21.0. The fraction of sp³-hybridized carbons (Fsp3) is 0.0556. The van der Waals surface area contributed by atoms with Gasteiger partial charge in [0.2, 0.25) is 0 Å². The number of carbonyl (C=O) groups excluding carboxylic acids is 1. The second-order valence-electron chi connectivity index (χ2n) is 5.81. The highest BCUT2D eigenvalue weighted by Crippen LogP contribution is 2.20. The molecule has 1 amide bonds. The number of amides is 1. The number of nitrogens with zero attached hydrogens (tertiary/aromatic N) is 4. The number of aromatic nitrogens is 2. The first-order valence-corrected chi connectivity index (χ1v) is 9.63. The predicted octanol–water partition coefficient (Wildman–Crippen LogP) is 4.67. The van der Waals surface area contributed by atoms with Crippen LogP contribution in [0.1, 0.15) is 21.6 Å². The molecule has 29 heavy (non-hydrogen) atoms. The van der Waals surface area contributed by atoms with Crippen LogP contribution in [0, 0.1) is 10.1 Å². The SMILES string of the molecule is O=C(N/N=C\c1ccc(Cl)cc1Cl)c1nn(Cc2ccc([N+](=O)[O-])cc2)cc1Br. The zero-order valence-corrected chi connectivity index (χ0v) is 17.6. The molecule has 8 nitrogen and oxygen atoms in total. The van der Waals surface area contributed by atoms with Gasteiger partial charge in [0.05, 0.1) is 27.2 Å². The molecule has 11 heteroatoms. The second-order valence-corrected chi connectivity index (χ2v) is 7.51. The maximum atomic E-state index is 12.3. The molecule has 3 aromatic rings. The van der Waals surface area contributed by atoms with E-state index in [0.29, 0.717) is 26.6 Å². The van der Waals surface area contributed by atoms with Crippen LogP contribution >= 0.6 is 39.1 Å². The number of halogens is 3. The number of hydrogen-bond acceptors (Lipinski definition) is 5. The van der Waals surface area contributed by atoms with Gasteiger partial charge < -0.3 is 0 Å². The minimum Gasteiger partial charge on any atom is -0.266 e. The average molecular weight is 497 g/mol. The number of non-ortho nitro benzene ring substituents is 1. The summed E-state index contributed by atoms with van der Waals surface area (Å²) in [6.07, 6.45) is 3.04. The van der Waals surface area contributed by atoms with Crippen molar-refractivity contribution in [2.24, 2.45) is 5.10 Å². The van der Waals surface area contributed by atoms with Crippen LogP contribution in [0.5, 0.6) is 0 Å². The van der Waals surface area contributed by atoms with Crippen molar-refractivity contribution < 1.29 is 9.72 Å². The Labute approximate surface area is 183 Å². The molecule has 0 aliphatic rings. The van der Waals surface area contributed by atoms with Gasteiger partial charge in [-0.3, -0.25) is 19.6 Å². The molecule has 0 unspecified atom stereocenters. The van der Waals surface area contributed by atoms with Crippen molar-refractivity contribution in [3.05, 3.63) is 90.1 Å². The van der Waals surface area contributed by atoms with Gasteiger partial charge in [0, 0.05) is 28.9 Å². The molecule has 1 heterocycles. The van der Waals surface area contributed by atoms with E-state index in [1.807, 2.05) is 0 Å². The monoisotopic (exact) mass is 495 g/mol. The number of nitro groups is 1. The zero-order valence-electron chi connectivity index (χ0n) is 14.6. The van der Waals surface area contributed by atoms with E-state index in [2.05, 4.69) is 31.6 Å². The number of benzene rings is 2. The van der Waals surface area contributed by atoms with Crippen molar-refractivity contribution in [3.63, 3.8) is 0 Å². The van der Waals surface area contributed by atoms with Crippen LogP contribution < -0.4 is 5.43 Å². The van der Waals surface area contributed by atoms with Crippen molar-refractivity contribution in [1.82, 2.24) is 15.2 Å². The molecule has 0 aliphatic heterocycles. The van der Waals surface area contributed by atoms with Crippen LogP contribution in [0.15, 0.2) is 58.2 Å². The molecular formula is C18H12BrCl2N5O3. The number of rotatable bonds is 6. The van der Waals surface area contributed by atoms with Crippen LogP contribution in [-0.4, -0.2) is 26.8 Å². The van der Waals surface area contributed by atoms with Crippen molar-refractivity contribution in [1.29, 1.82) is 0 Å². The lowest BCUT2D eigenvalue weighted by molar-refractivity contribution is -0.384. The Kier molecular flexibility index (Phi) is 6.63. The van der Waals surface area contributed by atoms with E-state index in [0.717, 1.165) is 5.56 Å². The Morgan fingerprint density at radius 2 is 2.00 bits per heavy atom. The third kappa shape index (κ3) is 5.41. The molecule has 2 aromatic carbocycles. The van der Waals surface area contributed by atoms with Crippen molar-refractivity contribution >= 4 is 56.9 Å². The number of nitrogens with one attached hydrogen (secondary N) is 1. The summed E-state index contributed by atoms with van der Waals surface area (Å²) in [5, 5.41) is 19.7. The van der Waals surface area contributed by atoms with Gasteiger partial charge in [0.25, 0.3) is 11.6 Å². The fourth-order valence-corrected chi connectivity index (χ4v) is 3.31. The first-order valence-electron chi connectivity index (χ1n) is 8.08. The van der Waals surface area contributed by atoms with Crippen LogP contribution in [-0.2, 0) is 6.54 Å². The van der Waals surface area contributed by atoms with E-state index >= 15 is 0 Å². The second kappa shape index (κ2) is 9.17. The molecule has 148 valence electrons. The highest BCUT2D eigenvalue weighted by atomic mass is 79.9. The van der Waals surface area contributed by atoms with Crippen molar-refractivity contribution in [2.45, 2.75) is 6.54 Å². The van der Waals surface area contributed by atoms with Gasteiger partial charge in [-0.1, -0.05) is 41.4 Å². The molecule has 0 spiro atoms. The maximum Gasteiger partial charge on any atom is 0.293 e. The minimum atomic E-state index is -0.513. The van der Waals surface area contributed by atoms with Gasteiger partial charge >= 0.3 is 0 Å². The number of carbonyl (C=O) groups is 1. The Balaban J connectivity index is 1.66. The van der Waals surface area contributed by atoms with Crippen molar-refractivity contribution in [2.75, 3.05) is 0 Å². The first-order chi connectivity index (χ1) is 13.8. The zero-order chi connectivity index (χ0) is 21.0. The topological polar surface area (TPSA) is 102 Å². The molecule has 0 saturated carbocycles. The van der Waals surface area contributed by atoms with E-state index in [1.165, 1.54) is 18.3 Å². The standard InChI is InChI=1S/C18H12BrCl2N5O3/c19-15-10-25(9-11-1-5-14(6-2-11)26(28)29)24-17(15)18(27)23-22-8-12-3-4-13(20)7-16(12)21/h1-8,10H,9H2,(H,23,27)/b22-8-. The summed E-state index contributed by atoms with van der Waals surface area (Å²) < 4.78 is 2.02. The van der Waals surface area contributed by atoms with Gasteiger partial charge in [-0.2, -0.15) is 10.2 Å². The van der Waals surface area contributed by atoms with E-state index < -0.39 is 10.8 Å². The largest absolute Gasteiger partial charge is 0.293 e. The molecule has 0 aliphatic carbocycles. The number of hydrazone groups is 1. The summed E-state index contributed by atoms with van der Waals surface area (Å²) in [5.74, 6) is -0.513. The smallest absolute Gasteiger partial charge is 0.266 e. The normalized spacial score (nSPS) is 11.0. The van der Waals surface area contributed by atoms with Gasteiger partial charge in [-0.15, -0.1) is 0 Å². The quantitative estimate of drug-likeness (QED) is 0.304. The molecular weight excluding hydrogens is 485 g/mol. The number of nitro benzene ring substituents is 1. The van der Waals surface area contributed by atoms with Crippen molar-refractivity contribution in [3.8, 4) is 0 Å². The maximum absolute atomic E-state index is 12.3. The molecule has 0 saturated heterocycles. The van der Waals surface area contributed by atoms with E-state index in [-0.39, 0.29) is 11.4 Å². The van der Waals surface area contributed by atoms with E-state index in [4.69, 9.17) is 23.2 Å². The lowest BCUT2D eigenvalue weighted by atomic mass is 10.2. The van der Waals surface area contributed by atoms with Crippen LogP contribution in [0.2, 0.25) is 10.0 Å². The molecule has 0 bridgehead atoms. The number of hydrogen-bond donors (Lipinski definition) is 1. The van der Waals surface area contributed by atoms with Crippen LogP contribution in [0.3, 0.4) is 0 Å². The molecule has 3 rings (SSSR count). The predicted molar refractivity (Wildman–Crippen MR) is 114 cm³/mol. The van der Waals surface area contributed by atoms with Gasteiger partial charge in [-0.05, 0) is 33.6 Å². The molecule has 0 radical (unpaired) electrons. The fourth-order valence-electron chi connectivity index (χ4n) is 2.36. The summed E-state index contributed by atoms with van der Waals surface area (Å²) in [5.41, 5.74) is 3.93. The summed E-state index contributed by atoms with van der Waals surface area (Å²) in [6.45, 7) is 0.341. The molecule has 1 aromatic heterocycles. The summed E-state index contributed by atoms with van der Waals surface area (Å²) in [6, 6.07) is 11.0. The van der Waals surface area contributed by atoms with Gasteiger partial charge in [0.15, 0.2) is 5.69 Å². The molecule has 0 fully saturated rings. The Morgan fingerprint density at radius 3 is 2.66 bits per heavy atom. The molecule has 0 atom stereocenters. The Morgan fingerprint density at radius 1 is 1.28 bits per heavy atom. The third-order valence-electron chi connectivity index (χ3n) is 3.76. The van der Waals surface area contributed by atoms with Crippen LogP contribution in [0.25, 0.3) is 0 Å². The van der Waals surface area contributed by atoms with Gasteiger partial charge in [0.1, 0.15) is 0 Å². The van der Waals surface area contributed by atoms with E-state index in [9.17, 15) is 14.9 Å². The minimum absolute atomic E-state index is 0.00844. The highest BCUT2D eigenvalue weighted by molar-refractivity contribution is 9.10. The lowest BCUT2D eigenvalue weighted by Crippen LogP contribution is -2.19. The summed E-state index contributed by atoms with van der Waals surface area (Å²) in [4.78, 5) is 22.6. The van der Waals surface area contributed by atoms with E-state index in [1.54, 1.807) is 41.2 Å². The Bertz CT molecular complexity index is 1100. The highest BCUT2D eigenvalue weighted by Gasteiger charge is 2.15.